The summed E-state index contributed by atoms with van der Waals surface area (Å²) in [6, 6.07) is 7.94. The number of benzene rings is 1. The van der Waals surface area contributed by atoms with Crippen molar-refractivity contribution >= 4 is 31.9 Å². The molecule has 1 fully saturated rings. The molecule has 1 heterocycles. The van der Waals surface area contributed by atoms with Crippen LogP contribution in [0.15, 0.2) is 28.7 Å². The number of ether oxygens (including phenoxy) is 2. The van der Waals surface area contributed by atoms with Crippen LogP contribution < -0.4 is 4.74 Å². The lowest BCUT2D eigenvalue weighted by molar-refractivity contribution is -0.0184. The number of morpholine rings is 1. The van der Waals surface area contributed by atoms with Crippen LogP contribution in [0.3, 0.4) is 0 Å². The van der Waals surface area contributed by atoms with Gasteiger partial charge in [-0.15, -0.1) is 0 Å². The van der Waals surface area contributed by atoms with Gasteiger partial charge in [0.05, 0.1) is 12.7 Å². The van der Waals surface area contributed by atoms with Gasteiger partial charge in [-0.2, -0.15) is 0 Å². The molecule has 1 unspecified atom stereocenters. The molecule has 0 radical (unpaired) electrons. The number of hydrogen-bond donors (Lipinski definition) is 0. The van der Waals surface area contributed by atoms with E-state index in [1.54, 1.807) is 0 Å². The maximum absolute atomic E-state index is 5.73. The van der Waals surface area contributed by atoms with Crippen molar-refractivity contribution in [2.75, 3.05) is 38.2 Å². The van der Waals surface area contributed by atoms with Gasteiger partial charge in [-0.05, 0) is 18.2 Å². The zero-order valence-corrected chi connectivity index (χ0v) is 13.3. The van der Waals surface area contributed by atoms with Crippen molar-refractivity contribution < 1.29 is 9.47 Å². The Hall–Kier alpha value is -0.100. The van der Waals surface area contributed by atoms with Crippen LogP contribution in [0.4, 0.5) is 0 Å². The normalized spacial score (nSPS) is 20.9. The lowest BCUT2D eigenvalue weighted by Crippen LogP contribution is -2.44. The lowest BCUT2D eigenvalue weighted by atomic mass is 10.3. The number of hydrogen-bond acceptors (Lipinski definition) is 3. The molecule has 0 spiro atoms. The highest BCUT2D eigenvalue weighted by molar-refractivity contribution is 9.10. The van der Waals surface area contributed by atoms with Gasteiger partial charge in [0.2, 0.25) is 0 Å². The van der Waals surface area contributed by atoms with Crippen molar-refractivity contribution in [3.8, 4) is 5.75 Å². The van der Waals surface area contributed by atoms with Crippen LogP contribution in [-0.4, -0.2) is 49.2 Å². The van der Waals surface area contributed by atoms with E-state index >= 15 is 0 Å². The summed E-state index contributed by atoms with van der Waals surface area (Å²) in [6.07, 6.45) is 0.310. The third-order valence-corrected chi connectivity index (χ3v) is 4.08. The van der Waals surface area contributed by atoms with Crippen LogP contribution in [-0.2, 0) is 4.74 Å². The first-order valence-corrected chi connectivity index (χ1v) is 7.97. The molecule has 1 saturated heterocycles. The average Bonchev–Trinajstić information content (AvgIpc) is 2.39. The molecule has 3 nitrogen and oxygen atoms in total. The second-order valence-corrected chi connectivity index (χ2v) is 5.82. The molecule has 0 N–H and O–H groups in total. The van der Waals surface area contributed by atoms with E-state index < -0.39 is 0 Å². The van der Waals surface area contributed by atoms with Crippen LogP contribution in [0.2, 0.25) is 0 Å². The van der Waals surface area contributed by atoms with Crippen molar-refractivity contribution in [3.05, 3.63) is 28.7 Å². The summed E-state index contributed by atoms with van der Waals surface area (Å²) in [6.45, 7) is 4.44. The zero-order valence-electron chi connectivity index (χ0n) is 10.1. The third kappa shape index (κ3) is 4.53. The molecule has 0 aromatic heterocycles. The quantitative estimate of drug-likeness (QED) is 0.735. The Kier molecular flexibility index (Phi) is 5.95. The van der Waals surface area contributed by atoms with E-state index in [2.05, 4.69) is 36.8 Å². The standard InChI is InChI=1S/C13H17Br2NO2/c14-9-13-10-16(5-7-18-13)4-6-17-12-3-1-2-11(15)8-12/h1-3,8,13H,4-7,9-10H2. The third-order valence-electron chi connectivity index (χ3n) is 2.87. The van der Waals surface area contributed by atoms with Gasteiger partial charge in [-0.1, -0.05) is 37.9 Å². The summed E-state index contributed by atoms with van der Waals surface area (Å²) in [7, 11) is 0. The number of nitrogens with zero attached hydrogens (tertiary/aromatic N) is 1. The second kappa shape index (κ2) is 7.48. The minimum Gasteiger partial charge on any atom is -0.492 e. The summed E-state index contributed by atoms with van der Waals surface area (Å²) < 4.78 is 12.4. The highest BCUT2D eigenvalue weighted by Gasteiger charge is 2.18. The molecule has 18 heavy (non-hydrogen) atoms. The predicted octanol–water partition coefficient (Wildman–Crippen LogP) is 2.92. The van der Waals surface area contributed by atoms with Gasteiger partial charge in [0.25, 0.3) is 0 Å². The lowest BCUT2D eigenvalue weighted by Gasteiger charge is -2.31. The van der Waals surface area contributed by atoms with Crippen molar-refractivity contribution in [1.82, 2.24) is 4.90 Å². The van der Waals surface area contributed by atoms with E-state index in [9.17, 15) is 0 Å². The number of halogens is 2. The highest BCUT2D eigenvalue weighted by atomic mass is 79.9. The first kappa shape index (κ1) is 14.3. The Labute approximate surface area is 125 Å². The summed E-state index contributed by atoms with van der Waals surface area (Å²) in [5.41, 5.74) is 0. The number of alkyl halides is 1. The Balaban J connectivity index is 1.72. The Morgan fingerprint density at radius 1 is 1.44 bits per heavy atom. The smallest absolute Gasteiger partial charge is 0.120 e. The molecule has 1 aromatic rings. The maximum atomic E-state index is 5.73. The second-order valence-electron chi connectivity index (χ2n) is 4.25. The monoisotopic (exact) mass is 377 g/mol. The predicted molar refractivity (Wildman–Crippen MR) is 79.6 cm³/mol. The molecule has 2 rings (SSSR count). The van der Waals surface area contributed by atoms with Gasteiger partial charge >= 0.3 is 0 Å². The summed E-state index contributed by atoms with van der Waals surface area (Å²) in [4.78, 5) is 2.38. The molecule has 0 amide bonds. The van der Waals surface area contributed by atoms with Crippen molar-refractivity contribution in [2.45, 2.75) is 6.10 Å². The summed E-state index contributed by atoms with van der Waals surface area (Å²) >= 11 is 6.90. The Morgan fingerprint density at radius 2 is 2.33 bits per heavy atom. The minimum atomic E-state index is 0.310. The maximum Gasteiger partial charge on any atom is 0.120 e. The molecule has 5 heteroatoms. The first-order valence-electron chi connectivity index (χ1n) is 6.06. The van der Waals surface area contributed by atoms with Gasteiger partial charge in [-0.25, -0.2) is 0 Å². The highest BCUT2D eigenvalue weighted by Crippen LogP contribution is 2.17. The zero-order chi connectivity index (χ0) is 12.8. The van der Waals surface area contributed by atoms with Crippen molar-refractivity contribution in [2.24, 2.45) is 0 Å². The van der Waals surface area contributed by atoms with Gasteiger partial charge in [-0.3, -0.25) is 4.90 Å². The molecular formula is C13H17Br2NO2. The van der Waals surface area contributed by atoms with Crippen LogP contribution >= 0.6 is 31.9 Å². The molecule has 1 aromatic carbocycles. The van der Waals surface area contributed by atoms with Crippen LogP contribution in [0.1, 0.15) is 0 Å². The van der Waals surface area contributed by atoms with Crippen LogP contribution in [0.25, 0.3) is 0 Å². The summed E-state index contributed by atoms with van der Waals surface area (Å²) in [5, 5.41) is 0.899. The van der Waals surface area contributed by atoms with Crippen LogP contribution in [0.5, 0.6) is 5.75 Å². The minimum absolute atomic E-state index is 0.310. The van der Waals surface area contributed by atoms with Crippen molar-refractivity contribution in [3.63, 3.8) is 0 Å². The number of rotatable bonds is 5. The van der Waals surface area contributed by atoms with E-state index in [1.165, 1.54) is 0 Å². The average molecular weight is 379 g/mol. The Bertz CT molecular complexity index is 376. The van der Waals surface area contributed by atoms with E-state index in [4.69, 9.17) is 9.47 Å². The van der Waals surface area contributed by atoms with Gasteiger partial charge in [0.15, 0.2) is 0 Å². The van der Waals surface area contributed by atoms with Gasteiger partial charge in [0.1, 0.15) is 12.4 Å². The van der Waals surface area contributed by atoms with E-state index in [0.717, 1.165) is 41.8 Å². The van der Waals surface area contributed by atoms with Crippen LogP contribution in [0, 0.1) is 0 Å². The van der Waals surface area contributed by atoms with E-state index in [-0.39, 0.29) is 0 Å². The molecular weight excluding hydrogens is 362 g/mol. The topological polar surface area (TPSA) is 21.7 Å². The molecule has 0 bridgehead atoms. The molecule has 0 aliphatic carbocycles. The van der Waals surface area contributed by atoms with Gasteiger partial charge < -0.3 is 9.47 Å². The molecule has 1 atom stereocenters. The fraction of sp³-hybridized carbons (Fsp3) is 0.538. The summed E-state index contributed by atoms with van der Waals surface area (Å²) in [5.74, 6) is 0.912. The molecule has 1 aliphatic heterocycles. The largest absolute Gasteiger partial charge is 0.492 e. The molecule has 100 valence electrons. The Morgan fingerprint density at radius 3 is 3.11 bits per heavy atom. The SMILES string of the molecule is BrCC1CN(CCOc2cccc(Br)c2)CCO1. The van der Waals surface area contributed by atoms with Crippen molar-refractivity contribution in [1.29, 1.82) is 0 Å². The molecule has 1 aliphatic rings. The van der Waals surface area contributed by atoms with Gasteiger partial charge in [0, 0.05) is 29.4 Å². The fourth-order valence-electron chi connectivity index (χ4n) is 1.93. The fourth-order valence-corrected chi connectivity index (χ4v) is 2.70. The first-order chi connectivity index (χ1) is 8.78. The van der Waals surface area contributed by atoms with E-state index in [0.29, 0.717) is 12.7 Å². The van der Waals surface area contributed by atoms with E-state index in [1.807, 2.05) is 24.3 Å². The molecule has 0 saturated carbocycles.